The van der Waals surface area contributed by atoms with Crippen LogP contribution < -0.4 is 10.1 Å². The van der Waals surface area contributed by atoms with Crippen molar-refractivity contribution in [1.29, 1.82) is 0 Å². The van der Waals surface area contributed by atoms with Gasteiger partial charge in [-0.3, -0.25) is 0 Å². The molecule has 0 radical (unpaired) electrons. The zero-order chi connectivity index (χ0) is 32.6. The molecule has 12 heteroatoms. The summed E-state index contributed by atoms with van der Waals surface area (Å²) in [5.74, 6) is -0.967. The number of ether oxygens (including phenoxy) is 3. The molecule has 0 saturated heterocycles. The van der Waals surface area contributed by atoms with E-state index in [1.807, 2.05) is 48.5 Å². The second-order valence-electron chi connectivity index (χ2n) is 10.5. The van der Waals surface area contributed by atoms with Crippen LogP contribution in [0.3, 0.4) is 0 Å². The molecule has 236 valence electrons. The van der Waals surface area contributed by atoms with Gasteiger partial charge in [0.15, 0.2) is 11.5 Å². The van der Waals surface area contributed by atoms with Crippen LogP contribution in [0.5, 0.6) is 5.75 Å². The molecule has 46 heavy (non-hydrogen) atoms. The maximum atomic E-state index is 13.4. The zero-order valence-electron chi connectivity index (χ0n) is 25.0. The Balaban J connectivity index is 1.27. The largest absolute Gasteiger partial charge is 0.494 e. The number of pyridine rings is 1. The van der Waals surface area contributed by atoms with Crippen LogP contribution in [-0.2, 0) is 15.7 Å². The molecule has 0 bridgehead atoms. The lowest BCUT2D eigenvalue weighted by atomic mass is 9.98. The van der Waals surface area contributed by atoms with Gasteiger partial charge in [-0.05, 0) is 60.4 Å². The molecule has 6 rings (SSSR count). The summed E-state index contributed by atoms with van der Waals surface area (Å²) in [5.41, 5.74) is 3.16. The number of nitrogens with zero attached hydrogens (tertiary/aromatic N) is 2. The monoisotopic (exact) mass is 631 g/mol. The molecule has 0 aliphatic heterocycles. The standard InChI is InChI=1S/C34H28F3N3O6/c1-4-44-32(41)29-30(46-31(40-29)24-13-15-26(43-3)28-23(24)14-16-27(39-28)34(35,36)37)18(2)38-33(42)45-17-25-21-11-7-5-9-19(21)20-10-6-8-12-22(20)25/h5-16,18,25H,4,17H2,1-3H3,(H,38,42)/t18-/m0/s1. The van der Waals surface area contributed by atoms with Gasteiger partial charge in [-0.15, -0.1) is 0 Å². The van der Waals surface area contributed by atoms with E-state index < -0.39 is 30.0 Å². The first-order chi connectivity index (χ1) is 22.1. The predicted molar refractivity (Wildman–Crippen MR) is 161 cm³/mol. The fraction of sp³-hybridized carbons (Fsp3) is 0.235. The molecule has 0 saturated carbocycles. The maximum absolute atomic E-state index is 13.4. The molecule has 1 aliphatic rings. The SMILES string of the molecule is CCOC(=O)c1nc(-c2ccc(OC)c3nc(C(F)(F)F)ccc23)oc1[C@H](C)NC(=O)OCC1c2ccccc2-c2ccccc21. The van der Waals surface area contributed by atoms with Crippen molar-refractivity contribution < 1.29 is 41.4 Å². The lowest BCUT2D eigenvalue weighted by Crippen LogP contribution is -2.29. The van der Waals surface area contributed by atoms with Crippen molar-refractivity contribution in [3.63, 3.8) is 0 Å². The number of alkyl carbamates (subject to hydrolysis) is 1. The van der Waals surface area contributed by atoms with Gasteiger partial charge in [-0.2, -0.15) is 13.2 Å². The lowest BCUT2D eigenvalue weighted by molar-refractivity contribution is -0.140. The summed E-state index contributed by atoms with van der Waals surface area (Å²) in [6.07, 6.45) is -5.43. The van der Waals surface area contributed by atoms with Gasteiger partial charge in [0.1, 0.15) is 23.6 Å². The third-order valence-corrected chi connectivity index (χ3v) is 7.75. The van der Waals surface area contributed by atoms with Crippen molar-refractivity contribution in [2.45, 2.75) is 32.0 Å². The Morgan fingerprint density at radius 2 is 1.59 bits per heavy atom. The Hall–Kier alpha value is -5.39. The van der Waals surface area contributed by atoms with Crippen molar-refractivity contribution in [3.05, 3.63) is 101 Å². The minimum absolute atomic E-state index is 0.0224. The van der Waals surface area contributed by atoms with Crippen LogP contribution in [-0.4, -0.2) is 42.4 Å². The molecule has 2 heterocycles. The van der Waals surface area contributed by atoms with Crippen molar-refractivity contribution in [2.75, 3.05) is 20.3 Å². The molecule has 0 fully saturated rings. The molecular formula is C34H28F3N3O6. The summed E-state index contributed by atoms with van der Waals surface area (Å²) >= 11 is 0. The summed E-state index contributed by atoms with van der Waals surface area (Å²) in [6, 6.07) is 20.0. The van der Waals surface area contributed by atoms with Crippen LogP contribution in [0, 0.1) is 0 Å². The molecule has 0 unspecified atom stereocenters. The van der Waals surface area contributed by atoms with E-state index in [0.29, 0.717) is 0 Å². The molecule has 5 aromatic rings. The minimum atomic E-state index is -4.68. The highest BCUT2D eigenvalue weighted by Crippen LogP contribution is 2.44. The van der Waals surface area contributed by atoms with Crippen molar-refractivity contribution >= 4 is 23.0 Å². The van der Waals surface area contributed by atoms with Gasteiger partial charge in [0.05, 0.1) is 19.8 Å². The summed E-state index contributed by atoms with van der Waals surface area (Å²) in [5, 5.41) is 2.93. The Morgan fingerprint density at radius 3 is 2.22 bits per heavy atom. The fourth-order valence-electron chi connectivity index (χ4n) is 5.67. The average molecular weight is 632 g/mol. The number of oxazole rings is 1. The third kappa shape index (κ3) is 5.62. The van der Waals surface area contributed by atoms with Crippen LogP contribution >= 0.6 is 0 Å². The number of benzene rings is 3. The maximum Gasteiger partial charge on any atom is 0.433 e. The number of fused-ring (bicyclic) bond motifs is 4. The van der Waals surface area contributed by atoms with Crippen LogP contribution in [0.1, 0.15) is 58.9 Å². The molecule has 2 aromatic heterocycles. The summed E-state index contributed by atoms with van der Waals surface area (Å²) < 4.78 is 62.4. The summed E-state index contributed by atoms with van der Waals surface area (Å²) in [7, 11) is 1.31. The van der Waals surface area contributed by atoms with Gasteiger partial charge in [-0.25, -0.2) is 19.6 Å². The first-order valence-corrected chi connectivity index (χ1v) is 14.4. The topological polar surface area (TPSA) is 113 Å². The lowest BCUT2D eigenvalue weighted by Gasteiger charge is -2.16. The van der Waals surface area contributed by atoms with E-state index in [9.17, 15) is 22.8 Å². The normalized spacial score (nSPS) is 13.2. The smallest absolute Gasteiger partial charge is 0.433 e. The predicted octanol–water partition coefficient (Wildman–Crippen LogP) is 7.69. The van der Waals surface area contributed by atoms with Crippen LogP contribution in [0.15, 0.2) is 77.2 Å². The number of halogens is 3. The van der Waals surface area contributed by atoms with E-state index in [-0.39, 0.29) is 58.7 Å². The van der Waals surface area contributed by atoms with Crippen LogP contribution in [0.2, 0.25) is 0 Å². The second-order valence-corrected chi connectivity index (χ2v) is 10.5. The molecule has 1 amide bonds. The highest BCUT2D eigenvalue weighted by atomic mass is 19.4. The van der Waals surface area contributed by atoms with Crippen molar-refractivity contribution in [2.24, 2.45) is 0 Å². The number of rotatable bonds is 8. The van der Waals surface area contributed by atoms with Crippen molar-refractivity contribution in [3.8, 4) is 28.3 Å². The summed E-state index contributed by atoms with van der Waals surface area (Å²) in [4.78, 5) is 34.0. The number of hydrogen-bond donors (Lipinski definition) is 1. The van der Waals surface area contributed by atoms with Gasteiger partial charge in [0.2, 0.25) is 5.89 Å². The van der Waals surface area contributed by atoms with Gasteiger partial charge < -0.3 is 23.9 Å². The molecule has 9 nitrogen and oxygen atoms in total. The number of hydrogen-bond acceptors (Lipinski definition) is 8. The van der Waals surface area contributed by atoms with Crippen LogP contribution in [0.4, 0.5) is 18.0 Å². The van der Waals surface area contributed by atoms with Gasteiger partial charge >= 0.3 is 18.2 Å². The van der Waals surface area contributed by atoms with Crippen LogP contribution in [0.25, 0.3) is 33.5 Å². The first kappa shape index (κ1) is 30.6. The van der Waals surface area contributed by atoms with E-state index in [2.05, 4.69) is 15.3 Å². The van der Waals surface area contributed by atoms with Crippen molar-refractivity contribution in [1.82, 2.24) is 15.3 Å². The van der Waals surface area contributed by atoms with E-state index in [0.717, 1.165) is 28.3 Å². The minimum Gasteiger partial charge on any atom is -0.494 e. The Labute approximate surface area is 261 Å². The fourth-order valence-corrected chi connectivity index (χ4v) is 5.67. The zero-order valence-corrected chi connectivity index (χ0v) is 25.0. The summed E-state index contributed by atoms with van der Waals surface area (Å²) in [6.45, 7) is 3.32. The molecule has 0 spiro atoms. The number of nitrogens with one attached hydrogen (secondary N) is 1. The highest BCUT2D eigenvalue weighted by molar-refractivity contribution is 5.97. The van der Waals surface area contributed by atoms with Gasteiger partial charge in [0.25, 0.3) is 0 Å². The molecule has 1 N–H and O–H groups in total. The number of methoxy groups -OCH3 is 1. The molecule has 3 aromatic carbocycles. The highest BCUT2D eigenvalue weighted by Gasteiger charge is 2.34. The average Bonchev–Trinajstić information content (AvgIpc) is 3.63. The Kier molecular flexibility index (Phi) is 8.11. The number of carbonyl (C=O) groups is 2. The Morgan fingerprint density at radius 1 is 0.913 bits per heavy atom. The molecule has 1 aliphatic carbocycles. The molecule has 1 atom stereocenters. The van der Waals surface area contributed by atoms with E-state index in [1.54, 1.807) is 13.8 Å². The number of alkyl halides is 3. The van der Waals surface area contributed by atoms with Gasteiger partial charge in [0, 0.05) is 16.9 Å². The Bertz CT molecular complexity index is 1910. The van der Waals surface area contributed by atoms with E-state index in [4.69, 9.17) is 18.6 Å². The quantitative estimate of drug-likeness (QED) is 0.174. The number of carbonyl (C=O) groups excluding carboxylic acids is 2. The van der Waals surface area contributed by atoms with Gasteiger partial charge in [-0.1, -0.05) is 48.5 Å². The molecular weight excluding hydrogens is 603 g/mol. The first-order valence-electron chi connectivity index (χ1n) is 14.4. The second kappa shape index (κ2) is 12.2. The third-order valence-electron chi connectivity index (χ3n) is 7.75. The number of esters is 1. The number of amides is 1. The number of aromatic nitrogens is 2. The van der Waals surface area contributed by atoms with E-state index >= 15 is 0 Å². The van der Waals surface area contributed by atoms with E-state index in [1.165, 1.54) is 25.3 Å².